The predicted octanol–water partition coefficient (Wildman–Crippen LogP) is 5.16. The van der Waals surface area contributed by atoms with Gasteiger partial charge in [0.2, 0.25) is 5.88 Å². The van der Waals surface area contributed by atoms with Crippen molar-refractivity contribution in [2.24, 2.45) is 0 Å². The number of nitrogens with one attached hydrogen (secondary N) is 1. The molecule has 0 aliphatic carbocycles. The molecule has 0 radical (unpaired) electrons. The van der Waals surface area contributed by atoms with E-state index in [1.807, 2.05) is 19.1 Å². The predicted molar refractivity (Wildman–Crippen MR) is 97.4 cm³/mol. The average molecular weight is 387 g/mol. The lowest BCUT2D eigenvalue weighted by molar-refractivity contribution is -0.141. The molecule has 3 aromatic rings. The van der Waals surface area contributed by atoms with Gasteiger partial charge in [0.25, 0.3) is 5.91 Å². The molecule has 5 nitrogen and oxygen atoms in total. The average Bonchev–Trinajstić information content (AvgIpc) is 2.62. The van der Waals surface area contributed by atoms with E-state index >= 15 is 0 Å². The van der Waals surface area contributed by atoms with E-state index in [4.69, 9.17) is 4.74 Å². The fourth-order valence-electron chi connectivity index (χ4n) is 2.49. The van der Waals surface area contributed by atoms with Gasteiger partial charge in [0, 0.05) is 17.3 Å². The standard InChI is InChI=1S/C20H16F3N3O2/c1-12-5-3-4-6-16(12)19(27)26-14-7-9-15(10-8-14)28-18-11-17(20(21,22)23)24-13(2)25-18/h3-11H,1-2H3,(H,26,27). The Morgan fingerprint density at radius 1 is 1.00 bits per heavy atom. The van der Waals surface area contributed by atoms with Crippen molar-refractivity contribution >= 4 is 11.6 Å². The summed E-state index contributed by atoms with van der Waals surface area (Å²) in [7, 11) is 0. The summed E-state index contributed by atoms with van der Waals surface area (Å²) in [4.78, 5) is 19.5. The van der Waals surface area contributed by atoms with Crippen LogP contribution in [-0.4, -0.2) is 15.9 Å². The lowest BCUT2D eigenvalue weighted by Crippen LogP contribution is -2.13. The number of carbonyl (C=O) groups is 1. The highest BCUT2D eigenvalue weighted by atomic mass is 19.4. The van der Waals surface area contributed by atoms with Gasteiger partial charge in [-0.15, -0.1) is 0 Å². The number of anilines is 1. The zero-order chi connectivity index (χ0) is 20.3. The summed E-state index contributed by atoms with van der Waals surface area (Å²) >= 11 is 0. The molecular formula is C20H16F3N3O2. The molecule has 1 amide bonds. The summed E-state index contributed by atoms with van der Waals surface area (Å²) in [6, 6.07) is 14.1. The smallest absolute Gasteiger partial charge is 0.433 e. The molecule has 1 heterocycles. The number of ether oxygens (including phenoxy) is 1. The first-order chi connectivity index (χ1) is 13.2. The largest absolute Gasteiger partial charge is 0.439 e. The molecule has 0 atom stereocenters. The zero-order valence-electron chi connectivity index (χ0n) is 15.0. The van der Waals surface area contributed by atoms with Gasteiger partial charge in [0.05, 0.1) is 0 Å². The number of nitrogens with zero attached hydrogens (tertiary/aromatic N) is 2. The Bertz CT molecular complexity index is 1000. The molecule has 28 heavy (non-hydrogen) atoms. The Hall–Kier alpha value is -3.42. The Balaban J connectivity index is 1.72. The van der Waals surface area contributed by atoms with E-state index in [1.165, 1.54) is 19.1 Å². The van der Waals surface area contributed by atoms with Crippen molar-refractivity contribution in [2.45, 2.75) is 20.0 Å². The summed E-state index contributed by atoms with van der Waals surface area (Å²) in [5.41, 5.74) is 0.853. The highest BCUT2D eigenvalue weighted by Crippen LogP contribution is 2.31. The van der Waals surface area contributed by atoms with Crippen LogP contribution in [0.4, 0.5) is 18.9 Å². The maximum Gasteiger partial charge on any atom is 0.433 e. The summed E-state index contributed by atoms with van der Waals surface area (Å²) in [6.07, 6.45) is -4.59. The van der Waals surface area contributed by atoms with Gasteiger partial charge in [-0.1, -0.05) is 18.2 Å². The Morgan fingerprint density at radius 3 is 2.32 bits per heavy atom. The van der Waals surface area contributed by atoms with Crippen molar-refractivity contribution in [3.8, 4) is 11.6 Å². The molecule has 0 aliphatic heterocycles. The zero-order valence-corrected chi connectivity index (χ0v) is 15.0. The molecule has 0 aliphatic rings. The summed E-state index contributed by atoms with van der Waals surface area (Å²) in [5, 5.41) is 2.76. The van der Waals surface area contributed by atoms with Crippen molar-refractivity contribution in [3.05, 3.63) is 77.2 Å². The van der Waals surface area contributed by atoms with Gasteiger partial charge < -0.3 is 10.1 Å². The van der Waals surface area contributed by atoms with Crippen molar-refractivity contribution in [2.75, 3.05) is 5.32 Å². The van der Waals surface area contributed by atoms with Crippen molar-refractivity contribution in [1.29, 1.82) is 0 Å². The molecule has 1 aromatic heterocycles. The van der Waals surface area contributed by atoms with E-state index in [0.29, 0.717) is 11.3 Å². The number of hydrogen-bond donors (Lipinski definition) is 1. The molecule has 0 unspecified atom stereocenters. The SMILES string of the molecule is Cc1nc(Oc2ccc(NC(=O)c3ccccc3C)cc2)cc(C(F)(F)F)n1. The molecule has 3 rings (SSSR count). The second kappa shape index (κ2) is 7.67. The van der Waals surface area contributed by atoms with Crippen LogP contribution < -0.4 is 10.1 Å². The minimum atomic E-state index is -4.59. The number of rotatable bonds is 4. The fourth-order valence-corrected chi connectivity index (χ4v) is 2.49. The molecule has 0 bridgehead atoms. The summed E-state index contributed by atoms with van der Waals surface area (Å²) in [6.45, 7) is 3.19. The number of aryl methyl sites for hydroxylation is 2. The van der Waals surface area contributed by atoms with Gasteiger partial charge >= 0.3 is 6.18 Å². The number of benzene rings is 2. The summed E-state index contributed by atoms with van der Waals surface area (Å²) in [5.74, 6) is -0.239. The van der Waals surface area contributed by atoms with E-state index in [2.05, 4.69) is 15.3 Å². The third-order valence-electron chi connectivity index (χ3n) is 3.83. The highest BCUT2D eigenvalue weighted by Gasteiger charge is 2.33. The third kappa shape index (κ3) is 4.64. The molecule has 0 saturated carbocycles. The molecule has 2 aromatic carbocycles. The van der Waals surface area contributed by atoms with E-state index in [0.717, 1.165) is 11.6 Å². The molecule has 0 saturated heterocycles. The van der Waals surface area contributed by atoms with Gasteiger partial charge in [0.15, 0.2) is 5.69 Å². The van der Waals surface area contributed by atoms with Crippen LogP contribution in [0.1, 0.15) is 27.4 Å². The number of halogens is 3. The molecule has 0 fully saturated rings. The topological polar surface area (TPSA) is 64.1 Å². The number of amides is 1. The first kappa shape index (κ1) is 19.3. The van der Waals surface area contributed by atoms with Crippen LogP contribution in [0.5, 0.6) is 11.6 Å². The Labute approximate surface area is 159 Å². The van der Waals surface area contributed by atoms with Crippen molar-refractivity contribution in [1.82, 2.24) is 9.97 Å². The van der Waals surface area contributed by atoms with Crippen molar-refractivity contribution < 1.29 is 22.7 Å². The molecule has 0 spiro atoms. The van der Waals surface area contributed by atoms with Gasteiger partial charge in [-0.2, -0.15) is 18.2 Å². The molecular weight excluding hydrogens is 371 g/mol. The summed E-state index contributed by atoms with van der Waals surface area (Å²) < 4.78 is 43.9. The van der Waals surface area contributed by atoms with Crippen molar-refractivity contribution in [3.63, 3.8) is 0 Å². The van der Waals surface area contributed by atoms with Crippen LogP contribution in [0.2, 0.25) is 0 Å². The number of alkyl halides is 3. The Morgan fingerprint density at radius 2 is 1.68 bits per heavy atom. The third-order valence-corrected chi connectivity index (χ3v) is 3.83. The Kier molecular flexibility index (Phi) is 5.30. The van der Waals surface area contributed by atoms with Crippen LogP contribution in [0, 0.1) is 13.8 Å². The highest BCUT2D eigenvalue weighted by molar-refractivity contribution is 6.05. The van der Waals surface area contributed by atoms with Crippen LogP contribution in [0.15, 0.2) is 54.6 Å². The van der Waals surface area contributed by atoms with E-state index in [-0.39, 0.29) is 23.4 Å². The molecule has 1 N–H and O–H groups in total. The number of aromatic nitrogens is 2. The second-order valence-electron chi connectivity index (χ2n) is 6.03. The van der Waals surface area contributed by atoms with Crippen LogP contribution in [0.3, 0.4) is 0 Å². The van der Waals surface area contributed by atoms with E-state index in [9.17, 15) is 18.0 Å². The van der Waals surface area contributed by atoms with Gasteiger partial charge in [-0.3, -0.25) is 4.79 Å². The van der Waals surface area contributed by atoms with Crippen LogP contribution >= 0.6 is 0 Å². The first-order valence-electron chi connectivity index (χ1n) is 8.30. The van der Waals surface area contributed by atoms with E-state index < -0.39 is 11.9 Å². The van der Waals surface area contributed by atoms with Gasteiger partial charge in [0.1, 0.15) is 11.6 Å². The minimum absolute atomic E-state index is 0.0491. The lowest BCUT2D eigenvalue weighted by atomic mass is 10.1. The van der Waals surface area contributed by atoms with Crippen LogP contribution in [-0.2, 0) is 6.18 Å². The number of hydrogen-bond acceptors (Lipinski definition) is 4. The number of carbonyl (C=O) groups excluding carboxylic acids is 1. The normalized spacial score (nSPS) is 11.2. The molecule has 8 heteroatoms. The van der Waals surface area contributed by atoms with Gasteiger partial charge in [-0.05, 0) is 49.7 Å². The fraction of sp³-hybridized carbons (Fsp3) is 0.150. The second-order valence-corrected chi connectivity index (χ2v) is 6.03. The van der Waals surface area contributed by atoms with E-state index in [1.54, 1.807) is 24.3 Å². The molecule has 144 valence electrons. The quantitative estimate of drug-likeness (QED) is 0.672. The maximum atomic E-state index is 12.8. The first-order valence-corrected chi connectivity index (χ1v) is 8.30. The lowest BCUT2D eigenvalue weighted by Gasteiger charge is -2.11. The maximum absolute atomic E-state index is 12.8. The monoisotopic (exact) mass is 387 g/mol. The minimum Gasteiger partial charge on any atom is -0.439 e. The van der Waals surface area contributed by atoms with Gasteiger partial charge in [-0.25, -0.2) is 4.98 Å². The van der Waals surface area contributed by atoms with Crippen LogP contribution in [0.25, 0.3) is 0 Å².